The topological polar surface area (TPSA) is 668 Å². The molecule has 3 aliphatic heterocycles. The Labute approximate surface area is 689 Å². The van der Waals surface area contributed by atoms with E-state index in [0.717, 1.165) is 4.90 Å². The molecule has 0 radical (unpaired) electrons. The number of carboxylic acid groups (broad SMARTS) is 3. The summed E-state index contributed by atoms with van der Waals surface area (Å²) in [6.07, 6.45) is -1.94. The highest BCUT2D eigenvalue weighted by Gasteiger charge is 2.44. The molecule has 26 N–H and O–H groups in total. The van der Waals surface area contributed by atoms with Gasteiger partial charge in [-0.25, -0.2) is 4.79 Å². The van der Waals surface area contributed by atoms with Gasteiger partial charge >= 0.3 is 17.9 Å². The van der Waals surface area contributed by atoms with E-state index in [1.54, 1.807) is 41.5 Å². The Kier molecular flexibility index (Phi) is 39.9. The molecule has 0 saturated carbocycles. The van der Waals surface area contributed by atoms with Crippen molar-refractivity contribution in [2.24, 2.45) is 56.4 Å². The second-order valence-corrected chi connectivity index (χ2v) is 31.0. The Morgan fingerprint density at radius 1 is 0.471 bits per heavy atom. The number of aliphatic imine (C=N–C) groups is 2. The molecule has 13 amide bonds. The predicted molar refractivity (Wildman–Crippen MR) is 431 cm³/mol. The number of likely N-dealkylation sites (tertiary alicyclic amines) is 2. The number of benzene rings is 2. The van der Waals surface area contributed by atoms with Gasteiger partial charge in [0.2, 0.25) is 76.8 Å². The van der Waals surface area contributed by atoms with Gasteiger partial charge in [-0.2, -0.15) is 0 Å². The maximum Gasteiger partial charge on any atom is 0.326 e. The summed E-state index contributed by atoms with van der Waals surface area (Å²) in [5.41, 5.74) is 29.2. The van der Waals surface area contributed by atoms with Crippen LogP contribution in [0.2, 0.25) is 0 Å². The van der Waals surface area contributed by atoms with E-state index < -0.39 is 193 Å². The first-order valence-corrected chi connectivity index (χ1v) is 40.3. The molecule has 3 heterocycles. The number of carboxylic acids is 3. The lowest BCUT2D eigenvalue weighted by Gasteiger charge is -2.32. The smallest absolute Gasteiger partial charge is 0.326 e. The number of phenolic OH excluding ortho intramolecular Hbond substituents is 2. The van der Waals surface area contributed by atoms with E-state index in [-0.39, 0.29) is 183 Å². The predicted octanol–water partition coefficient (Wildman–Crippen LogP) is -3.21. The van der Waals surface area contributed by atoms with Crippen LogP contribution in [0.25, 0.3) is 0 Å². The normalized spacial score (nSPS) is 17.8. The van der Waals surface area contributed by atoms with Crippen molar-refractivity contribution < 1.29 is 102 Å². The molecule has 0 aromatic heterocycles. The summed E-state index contributed by atoms with van der Waals surface area (Å²) >= 11 is 0. The summed E-state index contributed by atoms with van der Waals surface area (Å²) in [6, 6.07) is -7.76. The zero-order valence-electron chi connectivity index (χ0n) is 68.2. The zero-order chi connectivity index (χ0) is 88.3. The molecule has 0 spiro atoms. The number of nitrogens with zero attached hydrogens (tertiary/aromatic N) is 4. The van der Waals surface area contributed by atoms with Crippen molar-refractivity contribution in [2.75, 3.05) is 32.7 Å². The number of amides is 13. The minimum absolute atomic E-state index is 0.0123. The van der Waals surface area contributed by atoms with Gasteiger partial charge in [0.05, 0.1) is 6.42 Å². The summed E-state index contributed by atoms with van der Waals surface area (Å²) in [5, 5.41) is 78.6. The van der Waals surface area contributed by atoms with E-state index in [1.807, 2.05) is 0 Å². The van der Waals surface area contributed by atoms with Crippen molar-refractivity contribution in [2.45, 2.75) is 255 Å². The molecule has 3 fully saturated rings. The Balaban J connectivity index is 1.41. The van der Waals surface area contributed by atoms with Crippen molar-refractivity contribution in [1.29, 1.82) is 0 Å². The van der Waals surface area contributed by atoms with Crippen LogP contribution in [0.4, 0.5) is 0 Å². The number of guanidine groups is 2. The van der Waals surface area contributed by atoms with Crippen molar-refractivity contribution in [3.8, 4) is 11.5 Å². The summed E-state index contributed by atoms with van der Waals surface area (Å²) in [6.45, 7) is 10.4. The number of nitrogens with one attached hydrogen (secondary N) is 11. The first kappa shape index (κ1) is 97.6. The Morgan fingerprint density at radius 2 is 0.874 bits per heavy atom. The molecule has 14 atom stereocenters. The van der Waals surface area contributed by atoms with Crippen molar-refractivity contribution in [3.05, 3.63) is 59.7 Å². The summed E-state index contributed by atoms with van der Waals surface area (Å²) < 4.78 is 0. The van der Waals surface area contributed by atoms with Crippen molar-refractivity contribution in [3.63, 3.8) is 0 Å². The molecule has 2 aromatic carbocycles. The maximum absolute atomic E-state index is 15.1. The lowest BCUT2D eigenvalue weighted by Crippen LogP contribution is -2.61. The van der Waals surface area contributed by atoms with Crippen LogP contribution in [0.3, 0.4) is 0 Å². The Bertz CT molecular complexity index is 3910. The van der Waals surface area contributed by atoms with Gasteiger partial charge in [-0.15, -0.1) is 0 Å². The molecule has 41 nitrogen and oxygen atoms in total. The summed E-state index contributed by atoms with van der Waals surface area (Å²) in [7, 11) is 0. The van der Waals surface area contributed by atoms with Crippen LogP contribution in [0, 0.1) is 17.8 Å². The van der Waals surface area contributed by atoms with Crippen LogP contribution in [0.5, 0.6) is 11.5 Å². The van der Waals surface area contributed by atoms with Gasteiger partial charge in [0, 0.05) is 51.9 Å². The van der Waals surface area contributed by atoms with Crippen LogP contribution in [-0.2, 0) is 89.6 Å². The molecule has 3 aliphatic rings. The van der Waals surface area contributed by atoms with Crippen LogP contribution < -0.4 is 87.2 Å². The van der Waals surface area contributed by atoms with Crippen LogP contribution >= 0.6 is 0 Å². The highest BCUT2D eigenvalue weighted by molar-refractivity contribution is 6.01. The fourth-order valence-electron chi connectivity index (χ4n) is 14.0. The Hall–Kier alpha value is -11.9. The van der Waals surface area contributed by atoms with E-state index in [4.69, 9.17) is 28.7 Å². The maximum atomic E-state index is 15.1. The second-order valence-electron chi connectivity index (χ2n) is 31.0. The first-order valence-electron chi connectivity index (χ1n) is 40.3. The van der Waals surface area contributed by atoms with Gasteiger partial charge in [-0.1, -0.05) is 72.2 Å². The standard InChI is InChI=1S/C78H120N20O21/c1-7-43(6)63(73(115)95-57(76(118)119)37-42(4)5)96-70(112)55(39-45-21-25-47(100)26-22-45)94-72(114)59-18-13-35-98(59)75(117)52(16-11-33-85-78(82)83)89-64(106)48(15-10-32-84-77(80)81)88-71(113)58-17-12-34-97(58)74(116)51(14-8-9-31-79)90-69(111)56(40-62(104)105)93-66(108)50(28-30-61(102)103)87-68(110)54(38-44-19-23-46(99)24-20-44)92-67(109)53(36-41(2)3)91-65(107)49-27-29-60(101)86-49/h19-26,41-43,48-59,63,99-100H,7-18,27-40,79H2,1-6H3,(H,86,101)(H,87,110)(H,88,113)(H,89,106)(H,90,111)(H,91,107)(H,92,109)(H,93,108)(H,94,114)(H,95,115)(H,96,112)(H,102,103)(H,104,105)(H,118,119)(H4,80,81,84)(H4,82,83,85)/t43-,48-,49-,50-,51-,52-,53-,54-,55-,56-,57-,58-,59-,63-/m0/s1. The summed E-state index contributed by atoms with van der Waals surface area (Å²) in [5.74, 6) is -17.6. The average Bonchev–Trinajstić information content (AvgIpc) is 1.76. The number of hydrogen-bond acceptors (Lipinski definition) is 21. The minimum atomic E-state index is -2.06. The second kappa shape index (κ2) is 48.7. The van der Waals surface area contributed by atoms with Gasteiger partial charge < -0.3 is 122 Å². The molecule has 5 rings (SSSR count). The van der Waals surface area contributed by atoms with E-state index in [9.17, 15) is 92.7 Å². The third-order valence-corrected chi connectivity index (χ3v) is 20.5. The van der Waals surface area contributed by atoms with E-state index in [2.05, 4.69) is 68.5 Å². The molecule has 119 heavy (non-hydrogen) atoms. The SMILES string of the molecule is CC[C@H](C)[C@H](NC(=O)[C@H](Cc1ccc(O)cc1)NC(=O)[C@@H]1CCCN1C(=O)[C@H](CCCN=C(N)N)NC(=O)[C@H](CCCN=C(N)N)NC(=O)[C@@H]1CCCN1C(=O)[C@H](CCCCN)NC(=O)[C@H](CC(=O)O)NC(=O)[C@H](CCC(=O)O)NC(=O)[C@H](Cc1ccc(O)cc1)NC(=O)[C@H](CC(C)C)NC(=O)[C@@H]1CCC(=O)N1)C(=O)N[C@@H](CC(C)C)C(=O)O. The van der Waals surface area contributed by atoms with Crippen LogP contribution in [-0.4, -0.2) is 253 Å². The van der Waals surface area contributed by atoms with E-state index in [0.29, 0.717) is 17.5 Å². The van der Waals surface area contributed by atoms with Crippen molar-refractivity contribution in [1.82, 2.24) is 68.3 Å². The number of carbonyl (C=O) groups is 16. The molecule has 0 unspecified atom stereocenters. The lowest BCUT2D eigenvalue weighted by molar-refractivity contribution is -0.144. The molecule has 41 heteroatoms. The third kappa shape index (κ3) is 32.8. The van der Waals surface area contributed by atoms with E-state index >= 15 is 9.59 Å². The quantitative estimate of drug-likeness (QED) is 0.0176. The number of nitrogens with two attached hydrogens (primary N) is 5. The van der Waals surface area contributed by atoms with Gasteiger partial charge in [-0.05, 0) is 156 Å². The molecule has 0 bridgehead atoms. The van der Waals surface area contributed by atoms with Crippen LogP contribution in [0.15, 0.2) is 58.5 Å². The number of unbranched alkanes of at least 4 members (excludes halogenated alkanes) is 1. The molecule has 3 saturated heterocycles. The fourth-order valence-corrected chi connectivity index (χ4v) is 14.0. The number of aromatic hydroxyl groups is 2. The molecular weight excluding hydrogens is 1550 g/mol. The number of rotatable bonds is 50. The zero-order valence-corrected chi connectivity index (χ0v) is 68.2. The van der Waals surface area contributed by atoms with Gasteiger partial charge in [0.25, 0.3) is 0 Å². The molecule has 658 valence electrons. The third-order valence-electron chi connectivity index (χ3n) is 20.5. The van der Waals surface area contributed by atoms with Crippen LogP contribution in [0.1, 0.15) is 175 Å². The largest absolute Gasteiger partial charge is 0.508 e. The Morgan fingerprint density at radius 3 is 1.33 bits per heavy atom. The van der Waals surface area contributed by atoms with Gasteiger partial charge in [-0.3, -0.25) is 81.9 Å². The summed E-state index contributed by atoms with van der Waals surface area (Å²) in [4.78, 5) is 234. The molecule has 2 aromatic rings. The number of aliphatic carboxylic acids is 3. The molecule has 0 aliphatic carbocycles. The number of carbonyl (C=O) groups excluding carboxylic acids is 13. The van der Waals surface area contributed by atoms with Crippen molar-refractivity contribution >= 4 is 107 Å². The lowest BCUT2D eigenvalue weighted by atomic mass is 9.96. The monoisotopic (exact) mass is 1670 g/mol. The number of phenols is 2. The first-order chi connectivity index (χ1) is 56.3. The highest BCUT2D eigenvalue weighted by Crippen LogP contribution is 2.25. The average molecular weight is 1670 g/mol. The highest BCUT2D eigenvalue weighted by atomic mass is 16.4. The fraction of sp³-hybridized carbons (Fsp3) is 0.615. The molecular formula is C78H120N20O21. The van der Waals surface area contributed by atoms with E-state index in [1.165, 1.54) is 53.4 Å². The van der Waals surface area contributed by atoms with Gasteiger partial charge in [0.1, 0.15) is 90.0 Å². The van der Waals surface area contributed by atoms with Gasteiger partial charge in [0.15, 0.2) is 11.9 Å². The number of hydrogen-bond donors (Lipinski definition) is 21. The minimum Gasteiger partial charge on any atom is -0.508 e.